The van der Waals surface area contributed by atoms with Gasteiger partial charge in [0.05, 0.1) is 11.3 Å². The summed E-state index contributed by atoms with van der Waals surface area (Å²) in [5, 5.41) is 5.71. The lowest BCUT2D eigenvalue weighted by Crippen LogP contribution is -2.10. The third-order valence-electron chi connectivity index (χ3n) is 2.69. The molecule has 1 aromatic carbocycles. The van der Waals surface area contributed by atoms with Crippen molar-refractivity contribution in [3.8, 4) is 0 Å². The molecule has 0 saturated carbocycles. The van der Waals surface area contributed by atoms with Crippen LogP contribution in [-0.4, -0.2) is 16.5 Å². The molecule has 0 aliphatic heterocycles. The van der Waals surface area contributed by atoms with Gasteiger partial charge in [-0.1, -0.05) is 12.1 Å². The van der Waals surface area contributed by atoms with Gasteiger partial charge in [0.2, 0.25) is 0 Å². The highest BCUT2D eigenvalue weighted by Gasteiger charge is 2.33. The number of hydrogen-bond acceptors (Lipinski definition) is 4. The lowest BCUT2D eigenvalue weighted by atomic mass is 10.1. The predicted molar refractivity (Wildman–Crippen MR) is 75.7 cm³/mol. The molecule has 0 unspecified atom stereocenters. The largest absolute Gasteiger partial charge is 0.418 e. The van der Waals surface area contributed by atoms with Crippen molar-refractivity contribution in [2.75, 3.05) is 17.2 Å². The second-order valence-corrected chi connectivity index (χ2v) is 4.38. The maximum absolute atomic E-state index is 12.9. The van der Waals surface area contributed by atoms with E-state index in [0.717, 1.165) is 6.07 Å². The van der Waals surface area contributed by atoms with Crippen molar-refractivity contribution in [1.29, 1.82) is 0 Å². The molecule has 1 aromatic heterocycles. The van der Waals surface area contributed by atoms with Crippen LogP contribution in [0.5, 0.6) is 0 Å². The molecule has 1 heterocycles. The van der Waals surface area contributed by atoms with Crippen molar-refractivity contribution in [3.05, 3.63) is 41.7 Å². The van der Waals surface area contributed by atoms with Crippen molar-refractivity contribution in [2.24, 2.45) is 0 Å². The van der Waals surface area contributed by atoms with E-state index in [4.69, 9.17) is 0 Å². The number of anilines is 3. The van der Waals surface area contributed by atoms with Crippen molar-refractivity contribution in [3.63, 3.8) is 0 Å². The first-order valence-electron chi connectivity index (χ1n) is 6.43. The Balaban J connectivity index is 2.35. The topological polar surface area (TPSA) is 49.8 Å². The molecule has 2 aromatic rings. The van der Waals surface area contributed by atoms with Gasteiger partial charge in [0, 0.05) is 12.6 Å². The molecule has 2 rings (SSSR count). The number of nitrogens with one attached hydrogen (secondary N) is 2. The summed E-state index contributed by atoms with van der Waals surface area (Å²) in [6.07, 6.45) is -4.42. The Hall–Kier alpha value is -2.31. The first kappa shape index (κ1) is 15.1. The van der Waals surface area contributed by atoms with E-state index in [2.05, 4.69) is 20.6 Å². The number of halogens is 3. The molecule has 21 heavy (non-hydrogen) atoms. The van der Waals surface area contributed by atoms with Gasteiger partial charge in [0.25, 0.3) is 0 Å². The zero-order valence-electron chi connectivity index (χ0n) is 11.6. The number of benzene rings is 1. The van der Waals surface area contributed by atoms with Gasteiger partial charge < -0.3 is 10.6 Å². The summed E-state index contributed by atoms with van der Waals surface area (Å²) >= 11 is 0. The minimum Gasteiger partial charge on any atom is -0.370 e. The third kappa shape index (κ3) is 3.84. The number of aryl methyl sites for hydroxylation is 1. The lowest BCUT2D eigenvalue weighted by molar-refractivity contribution is -0.136. The summed E-state index contributed by atoms with van der Waals surface area (Å²) in [5.41, 5.74) is -0.767. The molecule has 0 atom stereocenters. The van der Waals surface area contributed by atoms with E-state index in [0.29, 0.717) is 24.0 Å². The average molecular weight is 296 g/mol. The number of hydrogen-bond donors (Lipinski definition) is 2. The van der Waals surface area contributed by atoms with Crippen molar-refractivity contribution in [1.82, 2.24) is 9.97 Å². The SMILES string of the molecule is CCNc1cc(Nc2ccccc2C(F)(F)F)nc(C)n1. The summed E-state index contributed by atoms with van der Waals surface area (Å²) in [6.45, 7) is 4.25. The molecule has 0 aliphatic carbocycles. The van der Waals surface area contributed by atoms with Crippen molar-refractivity contribution < 1.29 is 13.2 Å². The van der Waals surface area contributed by atoms with Gasteiger partial charge in [0.15, 0.2) is 0 Å². The van der Waals surface area contributed by atoms with Gasteiger partial charge in [-0.25, -0.2) is 9.97 Å². The average Bonchev–Trinajstić information content (AvgIpc) is 2.37. The number of aromatic nitrogens is 2. The molecule has 7 heteroatoms. The van der Waals surface area contributed by atoms with Gasteiger partial charge >= 0.3 is 6.18 Å². The Labute approximate surface area is 120 Å². The van der Waals surface area contributed by atoms with E-state index in [9.17, 15) is 13.2 Å². The van der Waals surface area contributed by atoms with Crippen LogP contribution in [0, 0.1) is 6.92 Å². The fourth-order valence-corrected chi connectivity index (χ4v) is 1.88. The smallest absolute Gasteiger partial charge is 0.370 e. The highest BCUT2D eigenvalue weighted by molar-refractivity contribution is 5.63. The van der Waals surface area contributed by atoms with E-state index in [-0.39, 0.29) is 5.69 Å². The Morgan fingerprint density at radius 1 is 1.10 bits per heavy atom. The maximum Gasteiger partial charge on any atom is 0.418 e. The highest BCUT2D eigenvalue weighted by Crippen LogP contribution is 2.35. The molecular weight excluding hydrogens is 281 g/mol. The van der Waals surface area contributed by atoms with Crippen LogP contribution in [0.3, 0.4) is 0 Å². The summed E-state index contributed by atoms with van der Waals surface area (Å²) in [5.74, 6) is 1.35. The quantitative estimate of drug-likeness (QED) is 0.896. The van der Waals surface area contributed by atoms with Crippen LogP contribution in [0.2, 0.25) is 0 Å². The number of alkyl halides is 3. The van der Waals surface area contributed by atoms with E-state index < -0.39 is 11.7 Å². The van der Waals surface area contributed by atoms with Gasteiger partial charge in [-0.05, 0) is 26.0 Å². The summed E-state index contributed by atoms with van der Waals surface area (Å²) in [7, 11) is 0. The minimum atomic E-state index is -4.42. The first-order valence-corrected chi connectivity index (χ1v) is 6.43. The monoisotopic (exact) mass is 296 g/mol. The van der Waals surface area contributed by atoms with Crippen LogP contribution in [0.1, 0.15) is 18.3 Å². The van der Waals surface area contributed by atoms with Crippen LogP contribution >= 0.6 is 0 Å². The van der Waals surface area contributed by atoms with E-state index in [1.807, 2.05) is 6.92 Å². The van der Waals surface area contributed by atoms with Crippen LogP contribution in [0.25, 0.3) is 0 Å². The Morgan fingerprint density at radius 3 is 2.43 bits per heavy atom. The number of rotatable bonds is 4. The third-order valence-corrected chi connectivity index (χ3v) is 2.69. The fourth-order valence-electron chi connectivity index (χ4n) is 1.88. The van der Waals surface area contributed by atoms with Gasteiger partial charge in [-0.2, -0.15) is 13.2 Å². The molecule has 0 fully saturated rings. The number of para-hydroxylation sites is 1. The molecule has 0 radical (unpaired) electrons. The standard InChI is InChI=1S/C14H15F3N4/c1-3-18-12-8-13(20-9(2)19-12)21-11-7-5-4-6-10(11)14(15,16)17/h4-8H,3H2,1-2H3,(H2,18,19,20,21). The number of nitrogens with zero attached hydrogens (tertiary/aromatic N) is 2. The molecule has 0 aliphatic rings. The Bertz CT molecular complexity index is 626. The van der Waals surface area contributed by atoms with Crippen LogP contribution in [0.4, 0.5) is 30.5 Å². The van der Waals surface area contributed by atoms with Gasteiger partial charge in [0.1, 0.15) is 17.5 Å². The molecule has 4 nitrogen and oxygen atoms in total. The predicted octanol–water partition coefficient (Wildman–Crippen LogP) is 3.98. The second kappa shape index (κ2) is 5.99. The molecule has 2 N–H and O–H groups in total. The zero-order valence-corrected chi connectivity index (χ0v) is 11.6. The molecule has 0 saturated heterocycles. The van der Waals surface area contributed by atoms with E-state index >= 15 is 0 Å². The van der Waals surface area contributed by atoms with Crippen molar-refractivity contribution in [2.45, 2.75) is 20.0 Å². The Morgan fingerprint density at radius 2 is 1.76 bits per heavy atom. The second-order valence-electron chi connectivity index (χ2n) is 4.38. The summed E-state index contributed by atoms with van der Waals surface area (Å²) < 4.78 is 38.8. The maximum atomic E-state index is 12.9. The first-order chi connectivity index (χ1) is 9.90. The summed E-state index contributed by atoms with van der Waals surface area (Å²) in [6, 6.07) is 6.86. The van der Waals surface area contributed by atoms with Crippen LogP contribution < -0.4 is 10.6 Å². The lowest BCUT2D eigenvalue weighted by Gasteiger charge is -2.14. The van der Waals surface area contributed by atoms with Crippen molar-refractivity contribution >= 4 is 17.3 Å². The van der Waals surface area contributed by atoms with Crippen LogP contribution in [-0.2, 0) is 6.18 Å². The van der Waals surface area contributed by atoms with Gasteiger partial charge in [-0.3, -0.25) is 0 Å². The van der Waals surface area contributed by atoms with E-state index in [1.54, 1.807) is 13.0 Å². The van der Waals surface area contributed by atoms with E-state index in [1.165, 1.54) is 18.2 Å². The Kier molecular flexibility index (Phi) is 4.30. The summed E-state index contributed by atoms with van der Waals surface area (Å²) in [4.78, 5) is 8.26. The van der Waals surface area contributed by atoms with Crippen LogP contribution in [0.15, 0.2) is 30.3 Å². The molecule has 112 valence electrons. The molecule has 0 spiro atoms. The minimum absolute atomic E-state index is 0.0365. The molecular formula is C14H15F3N4. The molecule has 0 bridgehead atoms. The van der Waals surface area contributed by atoms with Gasteiger partial charge in [-0.15, -0.1) is 0 Å². The normalized spacial score (nSPS) is 11.3. The molecule has 0 amide bonds. The highest BCUT2D eigenvalue weighted by atomic mass is 19.4. The zero-order chi connectivity index (χ0) is 15.5. The fraction of sp³-hybridized carbons (Fsp3) is 0.286.